The molecule has 0 nitrogen and oxygen atoms in total. The lowest BCUT2D eigenvalue weighted by molar-refractivity contribution is 1.74. The maximum absolute atomic E-state index is 6.21. The molecule has 0 spiro atoms. The van der Waals surface area contributed by atoms with Gasteiger partial charge in [0.05, 0.1) is 0 Å². The molecule has 20 heavy (non-hydrogen) atoms. The zero-order chi connectivity index (χ0) is 13.7. The molecule has 0 radical (unpaired) electrons. The van der Waals surface area contributed by atoms with Gasteiger partial charge in [-0.15, -0.1) is 0 Å². The standard InChI is InChI=1S/C18H10BrCl/c19-17-7-3-6-15-13-5-2-1-4-12(13)14-9-8-11(20)10-16(14)18(15)17/h1-10H. The Labute approximate surface area is 130 Å². The van der Waals surface area contributed by atoms with Gasteiger partial charge in [-0.1, -0.05) is 70.0 Å². The minimum absolute atomic E-state index is 0.768. The lowest BCUT2D eigenvalue weighted by atomic mass is 9.94. The van der Waals surface area contributed by atoms with E-state index in [9.17, 15) is 0 Å². The van der Waals surface area contributed by atoms with Crippen LogP contribution in [0.1, 0.15) is 0 Å². The third kappa shape index (κ3) is 1.67. The Hall–Kier alpha value is -1.57. The Balaban J connectivity index is 2.45. The summed E-state index contributed by atoms with van der Waals surface area (Å²) in [7, 11) is 0. The summed E-state index contributed by atoms with van der Waals surface area (Å²) in [6, 6.07) is 21.0. The molecule has 0 amide bonds. The molecule has 4 aromatic carbocycles. The van der Waals surface area contributed by atoms with E-state index in [0.717, 1.165) is 9.50 Å². The molecule has 0 saturated carbocycles. The molecule has 0 bridgehead atoms. The first-order valence-corrected chi connectivity index (χ1v) is 7.61. The van der Waals surface area contributed by atoms with Crippen molar-refractivity contribution in [3.8, 4) is 0 Å². The molecule has 0 saturated heterocycles. The zero-order valence-corrected chi connectivity index (χ0v) is 12.9. The van der Waals surface area contributed by atoms with Crippen molar-refractivity contribution in [2.24, 2.45) is 0 Å². The second kappa shape index (κ2) is 4.47. The monoisotopic (exact) mass is 340 g/mol. The normalized spacial score (nSPS) is 11.5. The second-order valence-electron chi connectivity index (χ2n) is 4.90. The SMILES string of the molecule is Clc1ccc2c3ccccc3c3cccc(Br)c3c2c1. The summed E-state index contributed by atoms with van der Waals surface area (Å²) in [5.74, 6) is 0. The molecular weight excluding hydrogens is 332 g/mol. The van der Waals surface area contributed by atoms with Crippen LogP contribution in [0.15, 0.2) is 65.1 Å². The van der Waals surface area contributed by atoms with Gasteiger partial charge in [0.15, 0.2) is 0 Å². The highest BCUT2D eigenvalue weighted by atomic mass is 79.9. The molecule has 0 unspecified atom stereocenters. The maximum atomic E-state index is 6.21. The summed E-state index contributed by atoms with van der Waals surface area (Å²) in [6.07, 6.45) is 0. The van der Waals surface area contributed by atoms with Crippen LogP contribution in [0.3, 0.4) is 0 Å². The number of halogens is 2. The number of hydrogen-bond donors (Lipinski definition) is 0. The zero-order valence-electron chi connectivity index (χ0n) is 10.5. The van der Waals surface area contributed by atoms with Crippen LogP contribution < -0.4 is 0 Å². The summed E-state index contributed by atoms with van der Waals surface area (Å²) in [4.78, 5) is 0. The van der Waals surface area contributed by atoms with Gasteiger partial charge in [-0.25, -0.2) is 0 Å². The van der Waals surface area contributed by atoms with Crippen LogP contribution in [0.25, 0.3) is 32.3 Å². The van der Waals surface area contributed by atoms with Crippen molar-refractivity contribution < 1.29 is 0 Å². The smallest absolute Gasteiger partial charge is 0.0412 e. The topological polar surface area (TPSA) is 0 Å². The Morgan fingerprint density at radius 1 is 0.650 bits per heavy atom. The van der Waals surface area contributed by atoms with Crippen LogP contribution in [0.2, 0.25) is 5.02 Å². The Morgan fingerprint density at radius 2 is 1.30 bits per heavy atom. The molecule has 0 aliphatic heterocycles. The van der Waals surface area contributed by atoms with Crippen LogP contribution in [0.4, 0.5) is 0 Å². The van der Waals surface area contributed by atoms with Crippen LogP contribution in [-0.4, -0.2) is 0 Å². The molecular formula is C18H10BrCl. The fourth-order valence-corrected chi connectivity index (χ4v) is 3.69. The molecule has 0 aliphatic rings. The van der Waals surface area contributed by atoms with E-state index >= 15 is 0 Å². The Kier molecular flexibility index (Phi) is 2.73. The highest BCUT2D eigenvalue weighted by Gasteiger charge is 2.10. The number of fused-ring (bicyclic) bond motifs is 6. The van der Waals surface area contributed by atoms with E-state index in [0.29, 0.717) is 0 Å². The van der Waals surface area contributed by atoms with E-state index in [1.807, 2.05) is 6.07 Å². The highest BCUT2D eigenvalue weighted by Crippen LogP contribution is 2.39. The van der Waals surface area contributed by atoms with Gasteiger partial charge in [0.25, 0.3) is 0 Å². The summed E-state index contributed by atoms with van der Waals surface area (Å²) in [5, 5.41) is 8.23. The first kappa shape index (κ1) is 12.2. The van der Waals surface area contributed by atoms with Crippen molar-refractivity contribution in [2.45, 2.75) is 0 Å². The van der Waals surface area contributed by atoms with Gasteiger partial charge in [0.1, 0.15) is 0 Å². The van der Waals surface area contributed by atoms with Crippen molar-refractivity contribution in [2.75, 3.05) is 0 Å². The number of benzene rings is 4. The molecule has 0 aromatic heterocycles. The van der Waals surface area contributed by atoms with Gasteiger partial charge in [0, 0.05) is 14.9 Å². The minimum atomic E-state index is 0.768. The molecule has 0 aliphatic carbocycles. The Bertz CT molecular complexity index is 973. The first-order valence-electron chi connectivity index (χ1n) is 6.44. The van der Waals surface area contributed by atoms with E-state index in [-0.39, 0.29) is 0 Å². The third-order valence-electron chi connectivity index (χ3n) is 3.77. The van der Waals surface area contributed by atoms with Crippen LogP contribution >= 0.6 is 27.5 Å². The highest BCUT2D eigenvalue weighted by molar-refractivity contribution is 9.10. The van der Waals surface area contributed by atoms with Crippen LogP contribution in [0.5, 0.6) is 0 Å². The second-order valence-corrected chi connectivity index (χ2v) is 6.19. The largest absolute Gasteiger partial charge is 0.0843 e. The average molecular weight is 342 g/mol. The summed E-state index contributed by atoms with van der Waals surface area (Å²) in [5.41, 5.74) is 0. The predicted molar refractivity (Wildman–Crippen MR) is 91.7 cm³/mol. The fraction of sp³-hybridized carbons (Fsp3) is 0. The molecule has 0 atom stereocenters. The number of hydrogen-bond acceptors (Lipinski definition) is 0. The van der Waals surface area contributed by atoms with E-state index in [1.54, 1.807) is 0 Å². The molecule has 96 valence electrons. The van der Waals surface area contributed by atoms with Gasteiger partial charge >= 0.3 is 0 Å². The van der Waals surface area contributed by atoms with Crippen molar-refractivity contribution in [1.29, 1.82) is 0 Å². The van der Waals surface area contributed by atoms with Crippen LogP contribution in [0, 0.1) is 0 Å². The lowest BCUT2D eigenvalue weighted by Gasteiger charge is -2.11. The van der Waals surface area contributed by atoms with Crippen molar-refractivity contribution in [3.05, 3.63) is 70.2 Å². The van der Waals surface area contributed by atoms with Gasteiger partial charge in [-0.05, 0) is 45.1 Å². The quantitative estimate of drug-likeness (QED) is 0.318. The summed E-state index contributed by atoms with van der Waals surface area (Å²) in [6.45, 7) is 0. The number of rotatable bonds is 0. The average Bonchev–Trinajstić information content (AvgIpc) is 2.47. The lowest BCUT2D eigenvalue weighted by Crippen LogP contribution is -1.84. The first-order chi connectivity index (χ1) is 9.75. The summed E-state index contributed by atoms with van der Waals surface area (Å²) >= 11 is 9.89. The van der Waals surface area contributed by atoms with Crippen molar-refractivity contribution >= 4 is 59.8 Å². The van der Waals surface area contributed by atoms with E-state index in [2.05, 4.69) is 70.5 Å². The van der Waals surface area contributed by atoms with E-state index in [4.69, 9.17) is 11.6 Å². The molecule has 4 rings (SSSR count). The van der Waals surface area contributed by atoms with Gasteiger partial charge in [-0.2, -0.15) is 0 Å². The van der Waals surface area contributed by atoms with Crippen molar-refractivity contribution in [1.82, 2.24) is 0 Å². The molecule has 0 N–H and O–H groups in total. The molecule has 4 aromatic rings. The van der Waals surface area contributed by atoms with Crippen LogP contribution in [-0.2, 0) is 0 Å². The Morgan fingerprint density at radius 3 is 2.10 bits per heavy atom. The van der Waals surface area contributed by atoms with Gasteiger partial charge in [0.2, 0.25) is 0 Å². The van der Waals surface area contributed by atoms with E-state index < -0.39 is 0 Å². The molecule has 2 heteroatoms. The minimum Gasteiger partial charge on any atom is -0.0843 e. The van der Waals surface area contributed by atoms with E-state index in [1.165, 1.54) is 32.3 Å². The van der Waals surface area contributed by atoms with Gasteiger partial charge in [-0.3, -0.25) is 0 Å². The fourth-order valence-electron chi connectivity index (χ4n) is 2.93. The maximum Gasteiger partial charge on any atom is 0.0412 e. The van der Waals surface area contributed by atoms with Gasteiger partial charge < -0.3 is 0 Å². The third-order valence-corrected chi connectivity index (χ3v) is 4.67. The molecule has 0 fully saturated rings. The predicted octanol–water partition coefficient (Wildman–Crippen LogP) is 6.56. The van der Waals surface area contributed by atoms with Crippen molar-refractivity contribution in [3.63, 3.8) is 0 Å². The molecule has 0 heterocycles. The summed E-state index contributed by atoms with van der Waals surface area (Å²) < 4.78 is 1.10.